The van der Waals surface area contributed by atoms with Crippen LogP contribution in [0, 0.1) is 0 Å². The molecule has 2 unspecified atom stereocenters. The summed E-state index contributed by atoms with van der Waals surface area (Å²) in [6.07, 6.45) is 0. The van der Waals surface area contributed by atoms with Gasteiger partial charge in [0.2, 0.25) is 0 Å². The molecule has 0 aromatic heterocycles. The number of aliphatic hydroxyl groups is 1. The molecule has 1 rings (SSSR count). The molecule has 0 aliphatic carbocycles. The van der Waals surface area contributed by atoms with Crippen LogP contribution in [0.2, 0.25) is 0 Å². The standard InChI is InChI=1S/C8H7O4P/c9-7(10)8(11)13(12)6-4-2-1-3-5-6/h1-5,8,11H/p+1. The van der Waals surface area contributed by atoms with Gasteiger partial charge in [0.25, 0.3) is 0 Å². The van der Waals surface area contributed by atoms with Crippen LogP contribution in [0.1, 0.15) is 0 Å². The average molecular weight is 199 g/mol. The van der Waals surface area contributed by atoms with Gasteiger partial charge < -0.3 is 10.2 Å². The molecule has 0 heterocycles. The predicted molar refractivity (Wildman–Crippen MR) is 47.3 cm³/mol. The van der Waals surface area contributed by atoms with Crippen molar-refractivity contribution >= 4 is 19.1 Å². The van der Waals surface area contributed by atoms with Gasteiger partial charge in [0.05, 0.1) is 0 Å². The molecule has 0 spiro atoms. The zero-order valence-corrected chi connectivity index (χ0v) is 7.52. The number of carboxylic acids is 1. The van der Waals surface area contributed by atoms with Crippen LogP contribution in [0.15, 0.2) is 30.3 Å². The molecule has 0 amide bonds. The van der Waals surface area contributed by atoms with Crippen molar-refractivity contribution in [3.63, 3.8) is 0 Å². The van der Waals surface area contributed by atoms with Crippen molar-refractivity contribution in [2.75, 3.05) is 0 Å². The maximum Gasteiger partial charge on any atom is 0.420 e. The van der Waals surface area contributed by atoms with Crippen LogP contribution in [-0.4, -0.2) is 22.0 Å². The third-order valence-electron chi connectivity index (χ3n) is 1.45. The Morgan fingerprint density at radius 3 is 2.31 bits per heavy atom. The molecular weight excluding hydrogens is 191 g/mol. The number of carbonyl (C=O) groups is 1. The summed E-state index contributed by atoms with van der Waals surface area (Å²) < 4.78 is 11.3. The summed E-state index contributed by atoms with van der Waals surface area (Å²) in [4.78, 5) is 10.3. The van der Waals surface area contributed by atoms with E-state index >= 15 is 0 Å². The van der Waals surface area contributed by atoms with Crippen LogP contribution in [0.4, 0.5) is 0 Å². The van der Waals surface area contributed by atoms with Crippen LogP contribution in [0.3, 0.4) is 0 Å². The van der Waals surface area contributed by atoms with Gasteiger partial charge in [-0.1, -0.05) is 22.8 Å². The monoisotopic (exact) mass is 199 g/mol. The fraction of sp³-hybridized carbons (Fsp3) is 0.125. The molecular formula is C8H8O4P+. The van der Waals surface area contributed by atoms with Gasteiger partial charge in [-0.15, -0.1) is 0 Å². The molecule has 1 aromatic rings. The lowest BCUT2D eigenvalue weighted by Crippen LogP contribution is -2.18. The molecule has 0 saturated heterocycles. The summed E-state index contributed by atoms with van der Waals surface area (Å²) >= 11 is 0. The van der Waals surface area contributed by atoms with Crippen LogP contribution >= 0.6 is 7.80 Å². The Bertz CT molecular complexity index is 322. The summed E-state index contributed by atoms with van der Waals surface area (Å²) in [6, 6.07) is 8.03. The van der Waals surface area contributed by atoms with Gasteiger partial charge in [0.15, 0.2) is 5.30 Å². The third kappa shape index (κ3) is 2.34. The summed E-state index contributed by atoms with van der Waals surface area (Å²) in [6.45, 7) is 0. The van der Waals surface area contributed by atoms with E-state index in [-0.39, 0.29) is 0 Å². The molecule has 1 aromatic carbocycles. The first kappa shape index (κ1) is 9.84. The highest BCUT2D eigenvalue weighted by atomic mass is 31.1. The number of benzene rings is 1. The van der Waals surface area contributed by atoms with Crippen LogP contribution in [0.5, 0.6) is 0 Å². The van der Waals surface area contributed by atoms with Crippen molar-refractivity contribution in [1.29, 1.82) is 0 Å². The van der Waals surface area contributed by atoms with Crippen molar-refractivity contribution < 1.29 is 19.6 Å². The molecule has 0 aliphatic rings. The first-order chi connectivity index (χ1) is 6.13. The van der Waals surface area contributed by atoms with E-state index in [1.54, 1.807) is 18.2 Å². The van der Waals surface area contributed by atoms with E-state index in [4.69, 9.17) is 10.2 Å². The maximum atomic E-state index is 11.3. The molecule has 5 heteroatoms. The first-order valence-corrected chi connectivity index (χ1v) is 4.88. The highest BCUT2D eigenvalue weighted by Gasteiger charge is 2.37. The number of aliphatic hydroxyl groups excluding tert-OH is 1. The Kier molecular flexibility index (Phi) is 3.12. The normalized spacial score (nSPS) is 13.5. The molecule has 0 bridgehead atoms. The second-order valence-electron chi connectivity index (χ2n) is 2.37. The van der Waals surface area contributed by atoms with Gasteiger partial charge >= 0.3 is 19.6 Å². The van der Waals surface area contributed by atoms with E-state index in [2.05, 4.69) is 0 Å². The molecule has 0 fully saturated rings. The summed E-state index contributed by atoms with van der Waals surface area (Å²) in [5, 5.41) is 17.7. The van der Waals surface area contributed by atoms with E-state index in [1.807, 2.05) is 0 Å². The lowest BCUT2D eigenvalue weighted by molar-refractivity contribution is -0.142. The quantitative estimate of drug-likeness (QED) is 0.697. The van der Waals surface area contributed by atoms with E-state index in [9.17, 15) is 9.36 Å². The first-order valence-electron chi connectivity index (χ1n) is 3.55. The minimum atomic E-state index is -2.27. The number of carboxylic acid groups (broad SMARTS) is 1. The van der Waals surface area contributed by atoms with Gasteiger partial charge in [-0.2, -0.15) is 0 Å². The molecule has 0 radical (unpaired) electrons. The minimum Gasteiger partial charge on any atom is -0.476 e. The van der Waals surface area contributed by atoms with Crippen LogP contribution in [-0.2, 0) is 9.36 Å². The Labute approximate surface area is 75.6 Å². The largest absolute Gasteiger partial charge is 0.476 e. The number of hydrogen-bond acceptors (Lipinski definition) is 3. The Morgan fingerprint density at radius 2 is 1.85 bits per heavy atom. The molecule has 2 N–H and O–H groups in total. The second kappa shape index (κ2) is 4.12. The van der Waals surface area contributed by atoms with Crippen molar-refractivity contribution in [3.05, 3.63) is 30.3 Å². The average Bonchev–Trinajstić information content (AvgIpc) is 2.17. The van der Waals surface area contributed by atoms with E-state index in [0.717, 1.165) is 0 Å². The van der Waals surface area contributed by atoms with E-state index in [1.165, 1.54) is 12.1 Å². The van der Waals surface area contributed by atoms with Crippen LogP contribution in [0.25, 0.3) is 0 Å². The smallest absolute Gasteiger partial charge is 0.420 e. The summed E-state index contributed by atoms with van der Waals surface area (Å²) in [5.74, 6) is -3.29. The third-order valence-corrected chi connectivity index (χ3v) is 2.93. The Balaban J connectivity index is 2.86. The number of rotatable bonds is 3. The lowest BCUT2D eigenvalue weighted by atomic mass is 10.4. The van der Waals surface area contributed by atoms with Gasteiger partial charge in [-0.25, -0.2) is 4.79 Å². The predicted octanol–water partition coefficient (Wildman–Crippen LogP) is 0.542. The topological polar surface area (TPSA) is 74.6 Å². The molecule has 0 aliphatic heterocycles. The summed E-state index contributed by atoms with van der Waals surface area (Å²) in [5.41, 5.74) is 0. The molecule has 13 heavy (non-hydrogen) atoms. The fourth-order valence-electron chi connectivity index (χ4n) is 0.816. The van der Waals surface area contributed by atoms with Gasteiger partial charge in [-0.05, 0) is 12.1 Å². The molecule has 4 nitrogen and oxygen atoms in total. The van der Waals surface area contributed by atoms with Crippen molar-refractivity contribution in [3.8, 4) is 0 Å². The van der Waals surface area contributed by atoms with Gasteiger partial charge in [0.1, 0.15) is 0 Å². The fourth-order valence-corrected chi connectivity index (χ4v) is 1.77. The zero-order valence-electron chi connectivity index (χ0n) is 6.62. The molecule has 2 atom stereocenters. The van der Waals surface area contributed by atoms with Gasteiger partial charge in [0, 0.05) is 0 Å². The maximum absolute atomic E-state index is 11.3. The molecule has 0 saturated carbocycles. The second-order valence-corrected chi connectivity index (χ2v) is 4.03. The van der Waals surface area contributed by atoms with E-state index < -0.39 is 19.6 Å². The highest BCUT2D eigenvalue weighted by Crippen LogP contribution is 2.24. The number of hydrogen-bond donors (Lipinski definition) is 2. The van der Waals surface area contributed by atoms with Crippen LogP contribution < -0.4 is 5.30 Å². The van der Waals surface area contributed by atoms with Crippen molar-refractivity contribution in [2.45, 2.75) is 5.85 Å². The molecule has 68 valence electrons. The zero-order chi connectivity index (χ0) is 9.84. The SMILES string of the molecule is O=C(O)C(O)[P+](=O)c1ccccc1. The summed E-state index contributed by atoms with van der Waals surface area (Å²) in [7, 11) is -2.27. The van der Waals surface area contributed by atoms with Gasteiger partial charge in [-0.3, -0.25) is 0 Å². The van der Waals surface area contributed by atoms with Crippen molar-refractivity contribution in [1.82, 2.24) is 0 Å². The van der Waals surface area contributed by atoms with Crippen molar-refractivity contribution in [2.24, 2.45) is 0 Å². The minimum absolute atomic E-state index is 0.340. The number of aliphatic carboxylic acids is 1. The Hall–Kier alpha value is -1.25. The Morgan fingerprint density at radius 1 is 1.31 bits per heavy atom. The van der Waals surface area contributed by atoms with E-state index in [0.29, 0.717) is 5.30 Å². The highest BCUT2D eigenvalue weighted by molar-refractivity contribution is 7.55. The lowest BCUT2D eigenvalue weighted by Gasteiger charge is -1.91.